The third-order valence-electron chi connectivity index (χ3n) is 6.66. The molecule has 5 heteroatoms. The molecular weight excluding hydrogens is 316 g/mol. The minimum Gasteiger partial charge on any atom is -0.336 e. The van der Waals surface area contributed by atoms with E-state index in [1.165, 1.54) is 19.3 Å². The molecule has 0 radical (unpaired) electrons. The Balaban J connectivity index is 1.80. The van der Waals surface area contributed by atoms with Gasteiger partial charge in [0.1, 0.15) is 6.04 Å². The van der Waals surface area contributed by atoms with Crippen molar-refractivity contribution in [1.29, 1.82) is 0 Å². The van der Waals surface area contributed by atoms with Crippen LogP contribution in [-0.4, -0.2) is 52.1 Å². The number of hydrogen-bond acceptors (Lipinski definition) is 3. The second-order valence-electron chi connectivity index (χ2n) is 8.66. The standard InChI is InChI=1S/C20H32N2O3/c1-4-20(2,3)17(23)19(25)22-15-11-8-12-16(22)18(24)21(13-15)14-9-6-5-7-10-14/h14-16H,4-13H2,1-3H3. The van der Waals surface area contributed by atoms with Gasteiger partial charge in [0, 0.05) is 18.0 Å². The van der Waals surface area contributed by atoms with Crippen LogP contribution in [0.2, 0.25) is 0 Å². The molecule has 0 aromatic rings. The molecule has 1 aliphatic carbocycles. The zero-order chi connectivity index (χ0) is 18.2. The minimum absolute atomic E-state index is 0.0162. The van der Waals surface area contributed by atoms with E-state index in [-0.39, 0.29) is 17.7 Å². The van der Waals surface area contributed by atoms with Gasteiger partial charge in [-0.15, -0.1) is 0 Å². The predicted octanol–water partition coefficient (Wildman–Crippen LogP) is 2.92. The maximum atomic E-state index is 13.1. The molecule has 0 aromatic heterocycles. The van der Waals surface area contributed by atoms with E-state index in [2.05, 4.69) is 0 Å². The smallest absolute Gasteiger partial charge is 0.291 e. The van der Waals surface area contributed by atoms with Gasteiger partial charge in [-0.05, 0) is 38.5 Å². The second kappa shape index (κ2) is 7.08. The lowest BCUT2D eigenvalue weighted by Crippen LogP contribution is -2.68. The van der Waals surface area contributed by atoms with Crippen LogP contribution in [0, 0.1) is 5.41 Å². The van der Waals surface area contributed by atoms with Crippen molar-refractivity contribution in [2.24, 2.45) is 5.41 Å². The molecule has 2 amide bonds. The maximum absolute atomic E-state index is 13.1. The topological polar surface area (TPSA) is 57.7 Å². The third kappa shape index (κ3) is 3.34. The molecular formula is C20H32N2O3. The van der Waals surface area contributed by atoms with Gasteiger partial charge >= 0.3 is 0 Å². The summed E-state index contributed by atoms with van der Waals surface area (Å²) in [6.45, 7) is 6.19. The number of rotatable bonds is 4. The summed E-state index contributed by atoms with van der Waals surface area (Å²) >= 11 is 0. The Morgan fingerprint density at radius 2 is 1.64 bits per heavy atom. The van der Waals surface area contributed by atoms with Gasteiger partial charge in [-0.3, -0.25) is 14.4 Å². The van der Waals surface area contributed by atoms with E-state index in [1.54, 1.807) is 4.90 Å². The third-order valence-corrected chi connectivity index (χ3v) is 6.66. The van der Waals surface area contributed by atoms with Crippen molar-refractivity contribution in [2.75, 3.05) is 6.54 Å². The van der Waals surface area contributed by atoms with E-state index < -0.39 is 17.4 Å². The molecule has 0 spiro atoms. The van der Waals surface area contributed by atoms with Crippen LogP contribution in [0.1, 0.15) is 78.6 Å². The van der Waals surface area contributed by atoms with Crippen molar-refractivity contribution < 1.29 is 14.4 Å². The molecule has 3 aliphatic rings. The van der Waals surface area contributed by atoms with E-state index >= 15 is 0 Å². The molecule has 2 atom stereocenters. The molecule has 2 aliphatic heterocycles. The van der Waals surface area contributed by atoms with Gasteiger partial charge in [-0.2, -0.15) is 0 Å². The average molecular weight is 348 g/mol. The Kier molecular flexibility index (Phi) is 5.21. The Hall–Kier alpha value is -1.39. The van der Waals surface area contributed by atoms with Gasteiger partial charge in [-0.1, -0.05) is 40.0 Å². The van der Waals surface area contributed by atoms with Crippen molar-refractivity contribution in [3.05, 3.63) is 0 Å². The number of ketones is 1. The summed E-state index contributed by atoms with van der Waals surface area (Å²) in [6.07, 6.45) is 9.00. The van der Waals surface area contributed by atoms with Crippen LogP contribution in [0.3, 0.4) is 0 Å². The van der Waals surface area contributed by atoms with E-state index in [0.717, 1.165) is 25.7 Å². The number of nitrogens with zero attached hydrogens (tertiary/aromatic N) is 2. The first-order valence-electron chi connectivity index (χ1n) is 10.0. The van der Waals surface area contributed by atoms with Crippen LogP contribution in [-0.2, 0) is 14.4 Å². The van der Waals surface area contributed by atoms with E-state index in [1.807, 2.05) is 25.7 Å². The second-order valence-corrected chi connectivity index (χ2v) is 8.66. The first-order chi connectivity index (χ1) is 11.9. The number of piperidine rings is 1. The summed E-state index contributed by atoms with van der Waals surface area (Å²) in [5.41, 5.74) is -0.658. The molecule has 0 N–H and O–H groups in total. The molecule has 3 fully saturated rings. The fourth-order valence-corrected chi connectivity index (χ4v) is 4.61. The number of carbonyl (C=O) groups excluding carboxylic acids is 3. The number of fused-ring (bicyclic) bond motifs is 2. The molecule has 0 aromatic carbocycles. The summed E-state index contributed by atoms with van der Waals surface area (Å²) in [5.74, 6) is -0.692. The van der Waals surface area contributed by atoms with Gasteiger partial charge in [0.15, 0.2) is 0 Å². The Bertz CT molecular complexity index is 551. The maximum Gasteiger partial charge on any atom is 0.291 e. The molecule has 2 saturated heterocycles. The van der Waals surface area contributed by atoms with Gasteiger partial charge in [0.25, 0.3) is 5.91 Å². The number of carbonyl (C=O) groups is 3. The lowest BCUT2D eigenvalue weighted by atomic mass is 9.82. The van der Waals surface area contributed by atoms with Crippen molar-refractivity contribution >= 4 is 17.6 Å². The van der Waals surface area contributed by atoms with Crippen LogP contribution >= 0.6 is 0 Å². The van der Waals surface area contributed by atoms with Gasteiger partial charge in [0.05, 0.1) is 6.04 Å². The van der Waals surface area contributed by atoms with Crippen LogP contribution in [0.4, 0.5) is 0 Å². The molecule has 2 heterocycles. The lowest BCUT2D eigenvalue weighted by molar-refractivity contribution is -0.167. The SMILES string of the molecule is CCC(C)(C)C(=O)C(=O)N1C2CCCC1C(=O)N(C1CCCCC1)C2. The fraction of sp³-hybridized carbons (Fsp3) is 0.850. The molecule has 3 rings (SSSR count). The quantitative estimate of drug-likeness (QED) is 0.734. The predicted molar refractivity (Wildman–Crippen MR) is 95.9 cm³/mol. The molecule has 140 valence electrons. The summed E-state index contributed by atoms with van der Waals surface area (Å²) < 4.78 is 0. The highest BCUT2D eigenvalue weighted by molar-refractivity contribution is 6.38. The Labute approximate surface area is 151 Å². The summed E-state index contributed by atoms with van der Waals surface area (Å²) in [5, 5.41) is 0. The number of Topliss-reactive ketones (excluding diaryl/α,β-unsaturated/α-hetero) is 1. The molecule has 2 unspecified atom stereocenters. The van der Waals surface area contributed by atoms with Gasteiger partial charge in [0.2, 0.25) is 11.7 Å². The number of likely N-dealkylation sites (tertiary alicyclic amines) is 1. The molecule has 2 bridgehead atoms. The first kappa shape index (κ1) is 18.4. The molecule has 25 heavy (non-hydrogen) atoms. The van der Waals surface area contributed by atoms with E-state index in [9.17, 15) is 14.4 Å². The van der Waals surface area contributed by atoms with Crippen molar-refractivity contribution in [2.45, 2.75) is 96.7 Å². The normalized spacial score (nSPS) is 28.2. The lowest BCUT2D eigenvalue weighted by Gasteiger charge is -2.51. The zero-order valence-corrected chi connectivity index (χ0v) is 15.9. The number of amides is 2. The van der Waals surface area contributed by atoms with Crippen LogP contribution in [0.5, 0.6) is 0 Å². The Morgan fingerprint density at radius 3 is 2.28 bits per heavy atom. The van der Waals surface area contributed by atoms with Crippen molar-refractivity contribution in [3.8, 4) is 0 Å². The van der Waals surface area contributed by atoms with Gasteiger partial charge < -0.3 is 9.80 Å². The highest BCUT2D eigenvalue weighted by Gasteiger charge is 2.49. The Morgan fingerprint density at radius 1 is 1.00 bits per heavy atom. The average Bonchev–Trinajstić information content (AvgIpc) is 2.63. The monoisotopic (exact) mass is 348 g/mol. The summed E-state index contributed by atoms with van der Waals surface area (Å²) in [6, 6.07) is -0.0644. The highest BCUT2D eigenvalue weighted by atomic mass is 16.2. The highest BCUT2D eigenvalue weighted by Crippen LogP contribution is 2.35. The van der Waals surface area contributed by atoms with Gasteiger partial charge in [-0.25, -0.2) is 0 Å². The minimum atomic E-state index is -0.658. The van der Waals surface area contributed by atoms with Crippen molar-refractivity contribution in [1.82, 2.24) is 9.80 Å². The fourth-order valence-electron chi connectivity index (χ4n) is 4.61. The molecule has 5 nitrogen and oxygen atoms in total. The largest absolute Gasteiger partial charge is 0.336 e. The zero-order valence-electron chi connectivity index (χ0n) is 15.9. The van der Waals surface area contributed by atoms with E-state index in [4.69, 9.17) is 0 Å². The number of piperazine rings is 1. The van der Waals surface area contributed by atoms with Crippen LogP contribution < -0.4 is 0 Å². The first-order valence-corrected chi connectivity index (χ1v) is 10.0. The number of hydrogen-bond donors (Lipinski definition) is 0. The summed E-state index contributed by atoms with van der Waals surface area (Å²) in [4.78, 5) is 42.5. The van der Waals surface area contributed by atoms with E-state index in [0.29, 0.717) is 25.4 Å². The van der Waals surface area contributed by atoms with Crippen LogP contribution in [0.25, 0.3) is 0 Å². The molecule has 1 saturated carbocycles. The van der Waals surface area contributed by atoms with Crippen molar-refractivity contribution in [3.63, 3.8) is 0 Å². The van der Waals surface area contributed by atoms with Crippen LogP contribution in [0.15, 0.2) is 0 Å². The summed E-state index contributed by atoms with van der Waals surface area (Å²) in [7, 11) is 0.